The fourth-order valence-corrected chi connectivity index (χ4v) is 8.90. The van der Waals surface area contributed by atoms with Gasteiger partial charge in [-0.05, 0) is 92.5 Å². The van der Waals surface area contributed by atoms with Gasteiger partial charge in [-0.3, -0.25) is 9.80 Å². The minimum absolute atomic E-state index is 0.253. The molecule has 3 aromatic rings. The minimum Gasteiger partial charge on any atom is -0.434 e. The van der Waals surface area contributed by atoms with E-state index in [2.05, 4.69) is 53.9 Å². The number of benzene rings is 1. The third-order valence-corrected chi connectivity index (χ3v) is 11.6. The summed E-state index contributed by atoms with van der Waals surface area (Å²) in [5, 5.41) is 17.0. The molecule has 0 bridgehead atoms. The molecular weight excluding hydrogens is 595 g/mol. The number of aromatic nitrogens is 5. The number of halogens is 1. The van der Waals surface area contributed by atoms with Gasteiger partial charge in [0, 0.05) is 68.5 Å². The molecule has 6 aliphatic rings. The number of hydrogen-bond acceptors (Lipinski definition) is 10. The van der Waals surface area contributed by atoms with E-state index in [4.69, 9.17) is 9.47 Å². The zero-order valence-electron chi connectivity index (χ0n) is 27.5. The van der Waals surface area contributed by atoms with E-state index in [1.807, 2.05) is 6.07 Å². The van der Waals surface area contributed by atoms with Gasteiger partial charge in [-0.15, -0.1) is 10.2 Å². The highest BCUT2D eigenvalue weighted by Crippen LogP contribution is 2.49. The molecule has 3 saturated heterocycles. The number of anilines is 1. The van der Waals surface area contributed by atoms with Crippen molar-refractivity contribution in [2.75, 3.05) is 44.2 Å². The average Bonchev–Trinajstić information content (AvgIpc) is 3.96. The second-order valence-electron chi connectivity index (χ2n) is 15.5. The van der Waals surface area contributed by atoms with Gasteiger partial charge in [0.25, 0.3) is 5.88 Å². The molecule has 9 rings (SSSR count). The SMILES string of the molecule is CC(C)[C@@H](C1CC(N2CC(OC3CC3)C2)C1)N1CC2(CCN(c3ncnnc3Oc3ccc(F)cc3-c3nnccc3C3CC3)C2)C1. The van der Waals surface area contributed by atoms with Crippen LogP contribution < -0.4 is 9.64 Å². The number of hydrogen-bond donors (Lipinski definition) is 0. The van der Waals surface area contributed by atoms with Crippen LogP contribution in [0.3, 0.4) is 0 Å². The first kappa shape index (κ1) is 29.8. The van der Waals surface area contributed by atoms with Crippen LogP contribution in [0.4, 0.5) is 10.2 Å². The zero-order valence-corrected chi connectivity index (χ0v) is 27.5. The Kier molecular flexibility index (Phi) is 7.43. The Morgan fingerprint density at radius 3 is 2.55 bits per heavy atom. The Bertz CT molecular complexity index is 1610. The first-order chi connectivity index (χ1) is 22.9. The highest BCUT2D eigenvalue weighted by molar-refractivity contribution is 5.71. The third kappa shape index (κ3) is 5.78. The average molecular weight is 641 g/mol. The van der Waals surface area contributed by atoms with Crippen molar-refractivity contribution in [1.29, 1.82) is 0 Å². The number of ether oxygens (including phenoxy) is 2. The Balaban J connectivity index is 0.853. The van der Waals surface area contributed by atoms with Crippen LogP contribution >= 0.6 is 0 Å². The lowest BCUT2D eigenvalue weighted by atomic mass is 9.67. The molecule has 3 aliphatic carbocycles. The van der Waals surface area contributed by atoms with Crippen molar-refractivity contribution in [2.24, 2.45) is 17.3 Å². The Morgan fingerprint density at radius 1 is 0.957 bits per heavy atom. The van der Waals surface area contributed by atoms with E-state index in [0.29, 0.717) is 58.8 Å². The molecule has 47 heavy (non-hydrogen) atoms. The van der Waals surface area contributed by atoms with Crippen molar-refractivity contribution in [1.82, 2.24) is 35.2 Å². The van der Waals surface area contributed by atoms with Crippen LogP contribution in [0, 0.1) is 23.1 Å². The normalized spacial score (nSPS) is 26.7. The molecule has 1 atom stereocenters. The van der Waals surface area contributed by atoms with Crippen molar-refractivity contribution in [3.05, 3.63) is 48.2 Å². The molecule has 1 spiro atoms. The monoisotopic (exact) mass is 640 g/mol. The molecule has 0 amide bonds. The smallest absolute Gasteiger partial charge is 0.282 e. The largest absolute Gasteiger partial charge is 0.434 e. The Hall–Kier alpha value is -3.28. The number of likely N-dealkylation sites (tertiary alicyclic amines) is 2. The summed E-state index contributed by atoms with van der Waals surface area (Å²) in [7, 11) is 0. The van der Waals surface area contributed by atoms with E-state index < -0.39 is 0 Å². The maximum absolute atomic E-state index is 14.6. The molecule has 3 saturated carbocycles. The molecule has 1 aromatic carbocycles. The summed E-state index contributed by atoms with van der Waals surface area (Å²) in [6.45, 7) is 11.1. The summed E-state index contributed by atoms with van der Waals surface area (Å²) in [6.07, 6.45) is 12.7. The van der Waals surface area contributed by atoms with Gasteiger partial charge in [-0.2, -0.15) is 10.2 Å². The number of nitrogens with zero attached hydrogens (tertiary/aromatic N) is 8. The summed E-state index contributed by atoms with van der Waals surface area (Å²) in [5.74, 6) is 3.00. The van der Waals surface area contributed by atoms with Crippen molar-refractivity contribution in [2.45, 2.75) is 89.0 Å². The molecule has 2 aromatic heterocycles. The topological polar surface area (TPSA) is 92.6 Å². The molecule has 10 nitrogen and oxygen atoms in total. The van der Waals surface area contributed by atoms with Gasteiger partial charge in [0.2, 0.25) is 0 Å². The predicted molar refractivity (Wildman–Crippen MR) is 175 cm³/mol. The van der Waals surface area contributed by atoms with Gasteiger partial charge >= 0.3 is 0 Å². The van der Waals surface area contributed by atoms with Gasteiger partial charge in [0.15, 0.2) is 5.82 Å². The van der Waals surface area contributed by atoms with Crippen LogP contribution in [0.2, 0.25) is 0 Å². The van der Waals surface area contributed by atoms with Crippen LogP contribution in [-0.2, 0) is 4.74 Å². The molecular formula is C36H45FN8O2. The second-order valence-corrected chi connectivity index (χ2v) is 15.5. The maximum Gasteiger partial charge on any atom is 0.282 e. The molecule has 11 heteroatoms. The lowest BCUT2D eigenvalue weighted by Gasteiger charge is -2.59. The minimum atomic E-state index is -0.349. The van der Waals surface area contributed by atoms with Crippen molar-refractivity contribution in [3.8, 4) is 22.9 Å². The van der Waals surface area contributed by atoms with E-state index in [0.717, 1.165) is 76.1 Å². The molecule has 248 valence electrons. The summed E-state index contributed by atoms with van der Waals surface area (Å²) in [5.41, 5.74) is 2.56. The second kappa shape index (κ2) is 11.7. The van der Waals surface area contributed by atoms with Gasteiger partial charge in [0.05, 0.1) is 12.2 Å². The Labute approximate surface area is 276 Å². The highest BCUT2D eigenvalue weighted by Gasteiger charge is 2.54. The van der Waals surface area contributed by atoms with Gasteiger partial charge < -0.3 is 14.4 Å². The van der Waals surface area contributed by atoms with E-state index >= 15 is 0 Å². The van der Waals surface area contributed by atoms with Crippen LogP contribution in [0.5, 0.6) is 11.6 Å². The van der Waals surface area contributed by atoms with Crippen LogP contribution in [0.25, 0.3) is 11.3 Å². The molecule has 5 heterocycles. The molecule has 3 aliphatic heterocycles. The summed E-state index contributed by atoms with van der Waals surface area (Å²) in [4.78, 5) is 12.4. The van der Waals surface area contributed by atoms with Crippen LogP contribution in [-0.4, -0.2) is 98.7 Å². The number of rotatable bonds is 11. The van der Waals surface area contributed by atoms with E-state index in [1.165, 1.54) is 44.1 Å². The first-order valence-electron chi connectivity index (χ1n) is 17.8. The molecule has 0 radical (unpaired) electrons. The zero-order chi connectivity index (χ0) is 31.7. The van der Waals surface area contributed by atoms with Crippen molar-refractivity contribution in [3.63, 3.8) is 0 Å². The van der Waals surface area contributed by atoms with E-state index in [9.17, 15) is 4.39 Å². The lowest BCUT2D eigenvalue weighted by molar-refractivity contribution is -0.122. The standard InChI is InChI=1S/C36H45FN8O2/c1-22(2)33(24-13-26(14-24)44-16-28(17-44)46-27-6-7-27)45-19-36(20-45)10-12-43(18-36)34-35(42-40-21-38-34)47-31-8-5-25(37)15-30(31)32-29(23-3-4-23)9-11-39-41-32/h5,8-9,11,15,21-24,26-28,33H,3-4,6-7,10,12-14,16-20H2,1-2H3/t24?,26?,33-/m0/s1. The van der Waals surface area contributed by atoms with Crippen molar-refractivity contribution >= 4 is 5.82 Å². The van der Waals surface area contributed by atoms with E-state index in [1.54, 1.807) is 12.3 Å². The highest BCUT2D eigenvalue weighted by atomic mass is 19.1. The van der Waals surface area contributed by atoms with Gasteiger partial charge in [-0.25, -0.2) is 9.37 Å². The van der Waals surface area contributed by atoms with Crippen LogP contribution in [0.1, 0.15) is 70.3 Å². The molecule has 0 unspecified atom stereocenters. The van der Waals surface area contributed by atoms with Gasteiger partial charge in [0.1, 0.15) is 23.6 Å². The van der Waals surface area contributed by atoms with Gasteiger partial charge in [-0.1, -0.05) is 13.8 Å². The summed E-state index contributed by atoms with van der Waals surface area (Å²) in [6, 6.07) is 7.89. The quantitative estimate of drug-likeness (QED) is 0.274. The summed E-state index contributed by atoms with van der Waals surface area (Å²) >= 11 is 0. The molecule has 0 N–H and O–H groups in total. The Morgan fingerprint density at radius 2 is 1.79 bits per heavy atom. The lowest BCUT2D eigenvalue weighted by Crippen LogP contribution is -2.67. The third-order valence-electron chi connectivity index (χ3n) is 11.6. The van der Waals surface area contributed by atoms with Crippen molar-refractivity contribution < 1.29 is 13.9 Å². The first-order valence-corrected chi connectivity index (χ1v) is 17.8. The van der Waals surface area contributed by atoms with Crippen LogP contribution in [0.15, 0.2) is 36.8 Å². The summed E-state index contributed by atoms with van der Waals surface area (Å²) < 4.78 is 27.1. The fraction of sp³-hybridized carbons (Fsp3) is 0.639. The maximum atomic E-state index is 14.6. The molecule has 6 fully saturated rings. The van der Waals surface area contributed by atoms with E-state index in [-0.39, 0.29) is 11.2 Å². The fourth-order valence-electron chi connectivity index (χ4n) is 8.90. The predicted octanol–water partition coefficient (Wildman–Crippen LogP) is 5.32.